The van der Waals surface area contributed by atoms with Crippen LogP contribution in [0.2, 0.25) is 10.0 Å². The molecule has 1 N–H and O–H groups in total. The molecule has 4 heteroatoms. The van der Waals surface area contributed by atoms with Gasteiger partial charge in [-0.3, -0.25) is 0 Å². The van der Waals surface area contributed by atoms with Gasteiger partial charge in [0.2, 0.25) is 0 Å². The molecule has 1 nitrogen and oxygen atoms in total. The van der Waals surface area contributed by atoms with Gasteiger partial charge in [0.15, 0.2) is 0 Å². The normalized spacial score (nSPS) is 9.92. The van der Waals surface area contributed by atoms with Crippen LogP contribution in [0.15, 0.2) is 18.2 Å². The third-order valence-corrected chi connectivity index (χ3v) is 1.90. The fourth-order valence-electron chi connectivity index (χ4n) is 0.815. The topological polar surface area (TPSA) is 12.0 Å². The average molecular weight is 208 g/mol. The molecule has 0 amide bonds. The number of anilines is 1. The van der Waals surface area contributed by atoms with Gasteiger partial charge in [0.25, 0.3) is 0 Å². The highest BCUT2D eigenvalue weighted by Gasteiger charge is 1.99. The lowest BCUT2D eigenvalue weighted by Crippen LogP contribution is -2.03. The predicted octanol–water partition coefficient (Wildman–Crippen LogP) is 3.37. The van der Waals surface area contributed by atoms with Crippen molar-refractivity contribution in [1.82, 2.24) is 0 Å². The predicted molar refractivity (Wildman–Crippen MR) is 50.9 cm³/mol. The van der Waals surface area contributed by atoms with Crippen molar-refractivity contribution in [3.8, 4) is 0 Å². The zero-order valence-electron chi connectivity index (χ0n) is 6.28. The molecule has 0 aliphatic carbocycles. The van der Waals surface area contributed by atoms with Crippen LogP contribution in [0.4, 0.5) is 10.1 Å². The van der Waals surface area contributed by atoms with Crippen molar-refractivity contribution in [2.24, 2.45) is 0 Å². The highest BCUT2D eigenvalue weighted by atomic mass is 35.5. The minimum absolute atomic E-state index is 0.250. The monoisotopic (exact) mass is 207 g/mol. The Balaban J connectivity index is 2.75. The zero-order valence-corrected chi connectivity index (χ0v) is 7.79. The van der Waals surface area contributed by atoms with Gasteiger partial charge >= 0.3 is 0 Å². The summed E-state index contributed by atoms with van der Waals surface area (Å²) in [7, 11) is 0. The summed E-state index contributed by atoms with van der Waals surface area (Å²) < 4.78 is 11.8. The maximum atomic E-state index is 11.8. The summed E-state index contributed by atoms with van der Waals surface area (Å²) in [6.45, 7) is -0.178. The molecule has 1 aromatic rings. The average Bonchev–Trinajstić information content (AvgIpc) is 2.07. The van der Waals surface area contributed by atoms with Crippen LogP contribution in [0.1, 0.15) is 0 Å². The summed E-state index contributed by atoms with van der Waals surface area (Å²) in [4.78, 5) is 0. The quantitative estimate of drug-likeness (QED) is 0.802. The first-order chi connectivity index (χ1) is 5.74. The first-order valence-electron chi connectivity index (χ1n) is 3.49. The molecule has 0 heterocycles. The lowest BCUT2D eigenvalue weighted by atomic mass is 10.3. The van der Waals surface area contributed by atoms with Gasteiger partial charge in [-0.1, -0.05) is 23.2 Å². The minimum atomic E-state index is -0.428. The SMILES string of the molecule is FCCNc1cc(Cl)ccc1Cl. The Bertz CT molecular complexity index is 265. The number of nitrogens with one attached hydrogen (secondary N) is 1. The Labute approximate surface area is 80.5 Å². The van der Waals surface area contributed by atoms with Crippen LogP contribution in [0.25, 0.3) is 0 Å². The zero-order chi connectivity index (χ0) is 8.97. The lowest BCUT2D eigenvalue weighted by Gasteiger charge is -2.05. The smallest absolute Gasteiger partial charge is 0.107 e. The number of benzene rings is 1. The molecule has 1 aromatic carbocycles. The largest absolute Gasteiger partial charge is 0.381 e. The van der Waals surface area contributed by atoms with E-state index >= 15 is 0 Å². The summed E-state index contributed by atoms with van der Waals surface area (Å²) in [5, 5.41) is 3.95. The molecule has 0 aliphatic heterocycles. The van der Waals surface area contributed by atoms with Crippen molar-refractivity contribution in [2.75, 3.05) is 18.5 Å². The molecule has 1 rings (SSSR count). The van der Waals surface area contributed by atoms with E-state index in [1.54, 1.807) is 18.2 Å². The highest BCUT2D eigenvalue weighted by molar-refractivity contribution is 6.35. The Morgan fingerprint density at radius 2 is 2.08 bits per heavy atom. The summed E-state index contributed by atoms with van der Waals surface area (Å²) in [6, 6.07) is 5.02. The van der Waals surface area contributed by atoms with E-state index in [0.717, 1.165) is 0 Å². The third kappa shape index (κ3) is 2.54. The van der Waals surface area contributed by atoms with Crippen LogP contribution in [0, 0.1) is 0 Å². The van der Waals surface area contributed by atoms with Crippen LogP contribution in [-0.4, -0.2) is 13.2 Å². The maximum Gasteiger partial charge on any atom is 0.107 e. The summed E-state index contributed by atoms with van der Waals surface area (Å²) in [5.41, 5.74) is 0.668. The van der Waals surface area contributed by atoms with Gasteiger partial charge in [-0.25, -0.2) is 4.39 Å². The molecule has 0 unspecified atom stereocenters. The van der Waals surface area contributed by atoms with Gasteiger partial charge in [-0.05, 0) is 18.2 Å². The second-order valence-corrected chi connectivity index (χ2v) is 3.08. The number of halogens is 3. The Morgan fingerprint density at radius 3 is 2.75 bits per heavy atom. The van der Waals surface area contributed by atoms with E-state index in [2.05, 4.69) is 5.32 Å². The number of alkyl halides is 1. The lowest BCUT2D eigenvalue weighted by molar-refractivity contribution is 0.513. The molecular weight excluding hydrogens is 200 g/mol. The highest BCUT2D eigenvalue weighted by Crippen LogP contribution is 2.24. The van der Waals surface area contributed by atoms with Crippen molar-refractivity contribution in [3.63, 3.8) is 0 Å². The Morgan fingerprint density at radius 1 is 1.33 bits per heavy atom. The molecule has 12 heavy (non-hydrogen) atoms. The standard InChI is InChI=1S/C8H8Cl2FN/c9-6-1-2-7(10)8(5-6)12-4-3-11/h1-2,5,12H,3-4H2. The fraction of sp³-hybridized carbons (Fsp3) is 0.250. The van der Waals surface area contributed by atoms with Gasteiger partial charge in [-0.2, -0.15) is 0 Å². The molecule has 0 aliphatic rings. The van der Waals surface area contributed by atoms with Crippen molar-refractivity contribution in [3.05, 3.63) is 28.2 Å². The summed E-state index contributed by atoms with van der Waals surface area (Å²) >= 11 is 11.5. The first kappa shape index (κ1) is 9.62. The van der Waals surface area contributed by atoms with Crippen LogP contribution in [0.3, 0.4) is 0 Å². The minimum Gasteiger partial charge on any atom is -0.381 e. The van der Waals surface area contributed by atoms with Crippen LogP contribution in [-0.2, 0) is 0 Å². The van der Waals surface area contributed by atoms with E-state index in [-0.39, 0.29) is 6.54 Å². The Kier molecular flexibility index (Phi) is 3.63. The molecule has 0 saturated heterocycles. The number of hydrogen-bond acceptors (Lipinski definition) is 1. The van der Waals surface area contributed by atoms with Crippen molar-refractivity contribution in [2.45, 2.75) is 0 Å². The second-order valence-electron chi connectivity index (χ2n) is 2.24. The van der Waals surface area contributed by atoms with Gasteiger partial charge in [0, 0.05) is 11.6 Å². The van der Waals surface area contributed by atoms with Gasteiger partial charge < -0.3 is 5.32 Å². The second kappa shape index (κ2) is 4.53. The van der Waals surface area contributed by atoms with Crippen LogP contribution >= 0.6 is 23.2 Å². The van der Waals surface area contributed by atoms with Crippen molar-refractivity contribution in [1.29, 1.82) is 0 Å². The summed E-state index contributed by atoms with van der Waals surface area (Å²) in [6.07, 6.45) is 0. The third-order valence-electron chi connectivity index (χ3n) is 1.34. The van der Waals surface area contributed by atoms with E-state index in [1.807, 2.05) is 0 Å². The molecular formula is C8H8Cl2FN. The molecule has 0 aromatic heterocycles. The molecule has 0 saturated carbocycles. The van der Waals surface area contributed by atoms with Crippen molar-refractivity contribution < 1.29 is 4.39 Å². The molecule has 0 fully saturated rings. The van der Waals surface area contributed by atoms with E-state index < -0.39 is 6.67 Å². The summed E-state index contributed by atoms with van der Waals surface area (Å²) in [5.74, 6) is 0. The number of rotatable bonds is 3. The van der Waals surface area contributed by atoms with Crippen molar-refractivity contribution >= 4 is 28.9 Å². The van der Waals surface area contributed by atoms with Crippen LogP contribution < -0.4 is 5.32 Å². The van der Waals surface area contributed by atoms with E-state index in [1.165, 1.54) is 0 Å². The van der Waals surface area contributed by atoms with E-state index in [9.17, 15) is 4.39 Å². The molecule has 66 valence electrons. The molecule has 0 spiro atoms. The molecule has 0 radical (unpaired) electrons. The fourth-order valence-corrected chi connectivity index (χ4v) is 1.17. The van der Waals surface area contributed by atoms with Gasteiger partial charge in [-0.15, -0.1) is 0 Å². The molecule has 0 atom stereocenters. The van der Waals surface area contributed by atoms with E-state index in [0.29, 0.717) is 15.7 Å². The van der Waals surface area contributed by atoms with Gasteiger partial charge in [0.05, 0.1) is 10.7 Å². The molecule has 0 bridgehead atoms. The van der Waals surface area contributed by atoms with E-state index in [4.69, 9.17) is 23.2 Å². The first-order valence-corrected chi connectivity index (χ1v) is 4.24. The van der Waals surface area contributed by atoms with Gasteiger partial charge in [0.1, 0.15) is 6.67 Å². The number of hydrogen-bond donors (Lipinski definition) is 1. The Hall–Kier alpha value is -0.470. The van der Waals surface area contributed by atoms with Crippen LogP contribution in [0.5, 0.6) is 0 Å². The maximum absolute atomic E-state index is 11.8.